The Morgan fingerprint density at radius 3 is 2.81 bits per heavy atom. The number of benzene rings is 1. The van der Waals surface area contributed by atoms with Crippen molar-refractivity contribution in [2.45, 2.75) is 44.6 Å². The number of hydrogen-bond donors (Lipinski definition) is 2. The molecule has 1 heterocycles. The van der Waals surface area contributed by atoms with Gasteiger partial charge in [-0.05, 0) is 49.4 Å². The largest absolute Gasteiger partial charge is 0.497 e. The van der Waals surface area contributed by atoms with Gasteiger partial charge in [0.2, 0.25) is 5.91 Å². The molecule has 4 nitrogen and oxygen atoms in total. The number of nitrogens with one attached hydrogen (secondary N) is 2. The minimum absolute atomic E-state index is 0.163. The van der Waals surface area contributed by atoms with Crippen molar-refractivity contribution in [2.24, 2.45) is 0 Å². The molecule has 4 heteroatoms. The molecular formula is C17H26N2O2. The predicted molar refractivity (Wildman–Crippen MR) is 84.7 cm³/mol. The SMILES string of the molecule is COc1ccc(C(C)CCNC(=O)CC2CCCN2)cc1. The molecule has 2 N–H and O–H groups in total. The third kappa shape index (κ3) is 5.05. The van der Waals surface area contributed by atoms with E-state index >= 15 is 0 Å². The molecule has 0 saturated carbocycles. The highest BCUT2D eigenvalue weighted by Crippen LogP contribution is 2.21. The maximum Gasteiger partial charge on any atom is 0.221 e. The van der Waals surface area contributed by atoms with Gasteiger partial charge >= 0.3 is 0 Å². The predicted octanol–water partition coefficient (Wildman–Crippen LogP) is 2.45. The fourth-order valence-electron chi connectivity index (χ4n) is 2.75. The van der Waals surface area contributed by atoms with Gasteiger partial charge in [0.1, 0.15) is 5.75 Å². The number of carbonyl (C=O) groups excluding carboxylic acids is 1. The van der Waals surface area contributed by atoms with Crippen LogP contribution in [0, 0.1) is 0 Å². The second-order valence-electron chi connectivity index (χ2n) is 5.81. The molecule has 2 atom stereocenters. The third-order valence-corrected chi connectivity index (χ3v) is 4.18. The zero-order valence-electron chi connectivity index (χ0n) is 13.0. The zero-order chi connectivity index (χ0) is 15.1. The monoisotopic (exact) mass is 290 g/mol. The van der Waals surface area contributed by atoms with E-state index in [1.54, 1.807) is 7.11 Å². The van der Waals surface area contributed by atoms with E-state index in [1.165, 1.54) is 12.0 Å². The maximum atomic E-state index is 11.8. The standard InChI is InChI=1S/C17H26N2O2/c1-13(14-5-7-16(21-2)8-6-14)9-11-19-17(20)12-15-4-3-10-18-15/h5-8,13,15,18H,3-4,9-12H2,1-2H3,(H,19,20). The molecule has 1 fully saturated rings. The molecule has 1 aliphatic rings. The topological polar surface area (TPSA) is 50.4 Å². The first kappa shape index (κ1) is 15.8. The number of ether oxygens (including phenoxy) is 1. The lowest BCUT2D eigenvalue weighted by Gasteiger charge is -2.14. The van der Waals surface area contributed by atoms with Gasteiger partial charge in [-0.3, -0.25) is 4.79 Å². The van der Waals surface area contributed by atoms with E-state index < -0.39 is 0 Å². The van der Waals surface area contributed by atoms with Crippen LogP contribution in [0.3, 0.4) is 0 Å². The number of amides is 1. The molecule has 0 bridgehead atoms. The van der Waals surface area contributed by atoms with Crippen molar-refractivity contribution in [1.29, 1.82) is 0 Å². The summed E-state index contributed by atoms with van der Waals surface area (Å²) in [6, 6.07) is 8.53. The molecule has 2 rings (SSSR count). The van der Waals surface area contributed by atoms with Gasteiger partial charge in [0, 0.05) is 19.0 Å². The van der Waals surface area contributed by atoms with Crippen molar-refractivity contribution < 1.29 is 9.53 Å². The average Bonchev–Trinajstić information content (AvgIpc) is 3.00. The summed E-state index contributed by atoms with van der Waals surface area (Å²) in [5, 5.41) is 6.38. The molecule has 0 radical (unpaired) electrons. The summed E-state index contributed by atoms with van der Waals surface area (Å²) in [5.74, 6) is 1.47. The fourth-order valence-corrected chi connectivity index (χ4v) is 2.75. The lowest BCUT2D eigenvalue weighted by atomic mass is 9.98. The Hall–Kier alpha value is -1.55. The van der Waals surface area contributed by atoms with Gasteiger partial charge < -0.3 is 15.4 Å². The summed E-state index contributed by atoms with van der Waals surface area (Å²) in [5.41, 5.74) is 1.28. The lowest BCUT2D eigenvalue weighted by molar-refractivity contribution is -0.121. The maximum absolute atomic E-state index is 11.8. The number of carbonyl (C=O) groups is 1. The first-order valence-corrected chi connectivity index (χ1v) is 7.83. The fraction of sp³-hybridized carbons (Fsp3) is 0.588. The van der Waals surface area contributed by atoms with Crippen molar-refractivity contribution in [1.82, 2.24) is 10.6 Å². The van der Waals surface area contributed by atoms with Crippen LogP contribution in [-0.2, 0) is 4.79 Å². The summed E-state index contributed by atoms with van der Waals surface area (Å²) in [6.45, 7) is 3.97. The third-order valence-electron chi connectivity index (χ3n) is 4.18. The summed E-state index contributed by atoms with van der Waals surface area (Å²) < 4.78 is 5.16. The van der Waals surface area contributed by atoms with E-state index in [0.717, 1.165) is 31.7 Å². The van der Waals surface area contributed by atoms with E-state index in [1.807, 2.05) is 12.1 Å². The summed E-state index contributed by atoms with van der Waals surface area (Å²) >= 11 is 0. The first-order chi connectivity index (χ1) is 10.2. The number of rotatable bonds is 7. The second-order valence-corrected chi connectivity index (χ2v) is 5.81. The molecule has 1 saturated heterocycles. The first-order valence-electron chi connectivity index (χ1n) is 7.83. The van der Waals surface area contributed by atoms with Crippen LogP contribution in [0.25, 0.3) is 0 Å². The molecule has 1 aromatic carbocycles. The van der Waals surface area contributed by atoms with Crippen LogP contribution in [0.2, 0.25) is 0 Å². The molecule has 21 heavy (non-hydrogen) atoms. The Morgan fingerprint density at radius 2 is 2.19 bits per heavy atom. The number of methoxy groups -OCH3 is 1. The molecule has 116 valence electrons. The number of hydrogen-bond acceptors (Lipinski definition) is 3. The van der Waals surface area contributed by atoms with Crippen LogP contribution < -0.4 is 15.4 Å². The minimum atomic E-state index is 0.163. The van der Waals surface area contributed by atoms with Crippen molar-refractivity contribution in [2.75, 3.05) is 20.2 Å². The van der Waals surface area contributed by atoms with Gasteiger partial charge in [0.25, 0.3) is 0 Å². The Labute approximate surface area is 127 Å². The molecule has 1 aliphatic heterocycles. The highest BCUT2D eigenvalue weighted by atomic mass is 16.5. The van der Waals surface area contributed by atoms with Crippen molar-refractivity contribution in [3.63, 3.8) is 0 Å². The second kappa shape index (κ2) is 8.03. The van der Waals surface area contributed by atoms with E-state index in [0.29, 0.717) is 18.4 Å². The molecule has 0 aliphatic carbocycles. The molecule has 1 amide bonds. The summed E-state index contributed by atoms with van der Waals surface area (Å²) in [6.07, 6.45) is 3.87. The van der Waals surface area contributed by atoms with Gasteiger partial charge in [-0.15, -0.1) is 0 Å². The van der Waals surface area contributed by atoms with Gasteiger partial charge in [0.05, 0.1) is 7.11 Å². The van der Waals surface area contributed by atoms with Crippen LogP contribution in [-0.4, -0.2) is 32.1 Å². The molecule has 2 unspecified atom stereocenters. The van der Waals surface area contributed by atoms with Crippen LogP contribution in [0.1, 0.15) is 44.1 Å². The summed E-state index contributed by atoms with van der Waals surface area (Å²) in [4.78, 5) is 11.8. The van der Waals surface area contributed by atoms with Crippen molar-refractivity contribution in [3.8, 4) is 5.75 Å². The van der Waals surface area contributed by atoms with Crippen LogP contribution in [0.5, 0.6) is 5.75 Å². The Morgan fingerprint density at radius 1 is 1.43 bits per heavy atom. The van der Waals surface area contributed by atoms with E-state index in [-0.39, 0.29) is 5.91 Å². The molecule has 1 aromatic rings. The smallest absolute Gasteiger partial charge is 0.221 e. The van der Waals surface area contributed by atoms with Gasteiger partial charge in [-0.1, -0.05) is 19.1 Å². The van der Waals surface area contributed by atoms with E-state index in [2.05, 4.69) is 29.7 Å². The lowest BCUT2D eigenvalue weighted by Crippen LogP contribution is -2.32. The van der Waals surface area contributed by atoms with Crippen molar-refractivity contribution in [3.05, 3.63) is 29.8 Å². The average molecular weight is 290 g/mol. The normalized spacial score (nSPS) is 19.2. The quantitative estimate of drug-likeness (QED) is 0.811. The summed E-state index contributed by atoms with van der Waals surface area (Å²) in [7, 11) is 1.67. The van der Waals surface area contributed by atoms with Gasteiger partial charge in [-0.2, -0.15) is 0 Å². The van der Waals surface area contributed by atoms with Crippen LogP contribution in [0.15, 0.2) is 24.3 Å². The van der Waals surface area contributed by atoms with Crippen LogP contribution >= 0.6 is 0 Å². The van der Waals surface area contributed by atoms with Gasteiger partial charge in [-0.25, -0.2) is 0 Å². The zero-order valence-corrected chi connectivity index (χ0v) is 13.0. The van der Waals surface area contributed by atoms with Gasteiger partial charge in [0.15, 0.2) is 0 Å². The highest BCUT2D eigenvalue weighted by molar-refractivity contribution is 5.76. The molecule has 0 aromatic heterocycles. The van der Waals surface area contributed by atoms with Crippen molar-refractivity contribution >= 4 is 5.91 Å². The minimum Gasteiger partial charge on any atom is -0.497 e. The highest BCUT2D eigenvalue weighted by Gasteiger charge is 2.17. The van der Waals surface area contributed by atoms with E-state index in [9.17, 15) is 4.79 Å². The Kier molecular flexibility index (Phi) is 6.05. The Bertz CT molecular complexity index is 439. The Balaban J connectivity index is 1.68. The van der Waals surface area contributed by atoms with Crippen LogP contribution in [0.4, 0.5) is 0 Å². The molecular weight excluding hydrogens is 264 g/mol. The van der Waals surface area contributed by atoms with E-state index in [4.69, 9.17) is 4.74 Å². The molecule has 0 spiro atoms.